The summed E-state index contributed by atoms with van der Waals surface area (Å²) in [7, 11) is 1.83. The molecule has 2 heterocycles. The van der Waals surface area contributed by atoms with E-state index in [-0.39, 0.29) is 6.61 Å². The number of aliphatic hydroxyl groups excluding tert-OH is 1. The molecule has 0 spiro atoms. The highest BCUT2D eigenvalue weighted by atomic mass is 16.3. The predicted molar refractivity (Wildman–Crippen MR) is 50.8 cm³/mol. The van der Waals surface area contributed by atoms with E-state index < -0.39 is 0 Å². The van der Waals surface area contributed by atoms with Crippen LogP contribution in [-0.4, -0.2) is 45.0 Å². The number of aryl methyl sites for hydroxylation is 1. The minimum atomic E-state index is 0.252. The number of tetrazole rings is 1. The Bertz CT molecular complexity index is 300. The Balaban J connectivity index is 2.08. The summed E-state index contributed by atoms with van der Waals surface area (Å²) >= 11 is 0. The van der Waals surface area contributed by atoms with Gasteiger partial charge in [-0.05, 0) is 29.2 Å². The summed E-state index contributed by atoms with van der Waals surface area (Å²) in [5.74, 6) is 1.16. The molecule has 0 bridgehead atoms. The fourth-order valence-corrected chi connectivity index (χ4v) is 1.89. The summed E-state index contributed by atoms with van der Waals surface area (Å²) in [6.07, 6.45) is 2.19. The Kier molecular flexibility index (Phi) is 2.62. The zero-order valence-electron chi connectivity index (χ0n) is 8.30. The van der Waals surface area contributed by atoms with E-state index in [1.807, 2.05) is 7.05 Å². The molecule has 1 saturated heterocycles. The van der Waals surface area contributed by atoms with Crippen LogP contribution in [-0.2, 0) is 7.05 Å². The lowest BCUT2D eigenvalue weighted by molar-refractivity contribution is 0.208. The molecule has 14 heavy (non-hydrogen) atoms. The SMILES string of the molecule is Cn1nnnc1N1CCCC(CO)C1. The van der Waals surface area contributed by atoms with E-state index in [0.29, 0.717) is 5.92 Å². The van der Waals surface area contributed by atoms with Crippen LogP contribution in [0.5, 0.6) is 0 Å². The van der Waals surface area contributed by atoms with E-state index in [9.17, 15) is 0 Å². The summed E-state index contributed by atoms with van der Waals surface area (Å²) in [5, 5.41) is 20.4. The van der Waals surface area contributed by atoms with Gasteiger partial charge >= 0.3 is 0 Å². The van der Waals surface area contributed by atoms with Gasteiger partial charge in [0, 0.05) is 26.7 Å². The van der Waals surface area contributed by atoms with Crippen LogP contribution in [0.3, 0.4) is 0 Å². The standard InChI is InChI=1S/C8H15N5O/c1-12-8(9-10-11-12)13-4-2-3-7(5-13)6-14/h7,14H,2-6H2,1H3. The minimum Gasteiger partial charge on any atom is -0.396 e. The van der Waals surface area contributed by atoms with E-state index in [2.05, 4.69) is 20.4 Å². The van der Waals surface area contributed by atoms with E-state index in [1.165, 1.54) is 0 Å². The molecular formula is C8H15N5O. The lowest BCUT2D eigenvalue weighted by Crippen LogP contribution is -2.38. The highest BCUT2D eigenvalue weighted by molar-refractivity contribution is 5.28. The first-order chi connectivity index (χ1) is 6.81. The van der Waals surface area contributed by atoms with Crippen molar-refractivity contribution in [2.45, 2.75) is 12.8 Å². The molecule has 1 unspecified atom stereocenters. The van der Waals surface area contributed by atoms with Gasteiger partial charge in [0.2, 0.25) is 5.95 Å². The quantitative estimate of drug-likeness (QED) is 0.687. The number of aromatic nitrogens is 4. The topological polar surface area (TPSA) is 67.1 Å². The highest BCUT2D eigenvalue weighted by Crippen LogP contribution is 2.19. The molecule has 1 aromatic heterocycles. The van der Waals surface area contributed by atoms with Crippen LogP contribution in [0.15, 0.2) is 0 Å². The first-order valence-electron chi connectivity index (χ1n) is 4.89. The van der Waals surface area contributed by atoms with Crippen molar-refractivity contribution >= 4 is 5.95 Å². The number of anilines is 1. The molecule has 1 aliphatic rings. The second kappa shape index (κ2) is 3.91. The molecule has 78 valence electrons. The second-order valence-electron chi connectivity index (χ2n) is 3.74. The van der Waals surface area contributed by atoms with Crippen molar-refractivity contribution in [3.63, 3.8) is 0 Å². The largest absolute Gasteiger partial charge is 0.396 e. The van der Waals surface area contributed by atoms with Crippen LogP contribution in [0.25, 0.3) is 0 Å². The van der Waals surface area contributed by atoms with Gasteiger partial charge in [0.05, 0.1) is 0 Å². The number of hydrogen-bond acceptors (Lipinski definition) is 5. The number of hydrogen-bond donors (Lipinski definition) is 1. The van der Waals surface area contributed by atoms with Crippen LogP contribution in [0, 0.1) is 5.92 Å². The van der Waals surface area contributed by atoms with Gasteiger partial charge < -0.3 is 10.0 Å². The van der Waals surface area contributed by atoms with E-state index in [1.54, 1.807) is 4.68 Å². The Hall–Kier alpha value is -1.17. The summed E-state index contributed by atoms with van der Waals surface area (Å²) in [5.41, 5.74) is 0. The van der Waals surface area contributed by atoms with Crippen molar-refractivity contribution in [3.05, 3.63) is 0 Å². The van der Waals surface area contributed by atoms with E-state index >= 15 is 0 Å². The van der Waals surface area contributed by atoms with Crippen LogP contribution in [0.1, 0.15) is 12.8 Å². The summed E-state index contributed by atoms with van der Waals surface area (Å²) < 4.78 is 1.67. The molecule has 0 saturated carbocycles. The third-order valence-corrected chi connectivity index (χ3v) is 2.66. The fourth-order valence-electron chi connectivity index (χ4n) is 1.89. The van der Waals surface area contributed by atoms with Crippen molar-refractivity contribution < 1.29 is 5.11 Å². The van der Waals surface area contributed by atoms with Gasteiger partial charge in [0.15, 0.2) is 0 Å². The molecule has 2 rings (SSSR count). The number of aliphatic hydroxyl groups is 1. The zero-order chi connectivity index (χ0) is 9.97. The summed E-state index contributed by atoms with van der Waals surface area (Å²) in [6.45, 7) is 2.08. The first kappa shape index (κ1) is 9.39. The maximum Gasteiger partial charge on any atom is 0.245 e. The predicted octanol–water partition coefficient (Wildman–Crippen LogP) is -0.581. The van der Waals surface area contributed by atoms with Crippen LogP contribution in [0.4, 0.5) is 5.95 Å². The van der Waals surface area contributed by atoms with E-state index in [4.69, 9.17) is 5.11 Å². The molecule has 0 aliphatic carbocycles. The molecule has 1 aliphatic heterocycles. The molecule has 6 heteroatoms. The molecule has 0 aromatic carbocycles. The Morgan fingerprint density at radius 3 is 3.07 bits per heavy atom. The van der Waals surface area contributed by atoms with Crippen molar-refractivity contribution in [1.82, 2.24) is 20.2 Å². The average molecular weight is 197 g/mol. The van der Waals surface area contributed by atoms with Crippen molar-refractivity contribution in [2.75, 3.05) is 24.6 Å². The van der Waals surface area contributed by atoms with Crippen LogP contribution in [0.2, 0.25) is 0 Å². The van der Waals surface area contributed by atoms with Crippen molar-refractivity contribution in [3.8, 4) is 0 Å². The van der Waals surface area contributed by atoms with Gasteiger partial charge in [-0.15, -0.1) is 0 Å². The van der Waals surface area contributed by atoms with Gasteiger partial charge in [0.1, 0.15) is 0 Å². The zero-order valence-corrected chi connectivity index (χ0v) is 8.30. The molecule has 6 nitrogen and oxygen atoms in total. The molecule has 1 atom stereocenters. The third kappa shape index (κ3) is 1.70. The second-order valence-corrected chi connectivity index (χ2v) is 3.74. The van der Waals surface area contributed by atoms with Gasteiger partial charge in [0.25, 0.3) is 0 Å². The van der Waals surface area contributed by atoms with Gasteiger partial charge in [-0.2, -0.15) is 0 Å². The molecule has 1 N–H and O–H groups in total. The third-order valence-electron chi connectivity index (χ3n) is 2.66. The monoisotopic (exact) mass is 197 g/mol. The number of rotatable bonds is 2. The average Bonchev–Trinajstić information content (AvgIpc) is 2.65. The molecule has 0 radical (unpaired) electrons. The maximum atomic E-state index is 9.09. The Morgan fingerprint density at radius 2 is 2.43 bits per heavy atom. The lowest BCUT2D eigenvalue weighted by Gasteiger charge is -2.31. The normalized spacial score (nSPS) is 22.7. The highest BCUT2D eigenvalue weighted by Gasteiger charge is 2.22. The van der Waals surface area contributed by atoms with Gasteiger partial charge in [-0.25, -0.2) is 4.68 Å². The summed E-state index contributed by atoms with van der Waals surface area (Å²) in [4.78, 5) is 2.13. The molecule has 1 aromatic rings. The van der Waals surface area contributed by atoms with Gasteiger partial charge in [-0.1, -0.05) is 5.10 Å². The summed E-state index contributed by atoms with van der Waals surface area (Å²) in [6, 6.07) is 0. The first-order valence-corrected chi connectivity index (χ1v) is 4.89. The van der Waals surface area contributed by atoms with Gasteiger partial charge in [-0.3, -0.25) is 0 Å². The van der Waals surface area contributed by atoms with E-state index in [0.717, 1.165) is 31.9 Å². The van der Waals surface area contributed by atoms with Crippen molar-refractivity contribution in [1.29, 1.82) is 0 Å². The number of nitrogens with zero attached hydrogens (tertiary/aromatic N) is 5. The molecular weight excluding hydrogens is 182 g/mol. The van der Waals surface area contributed by atoms with Crippen LogP contribution >= 0.6 is 0 Å². The van der Waals surface area contributed by atoms with Crippen LogP contribution < -0.4 is 4.90 Å². The Morgan fingerprint density at radius 1 is 1.57 bits per heavy atom. The minimum absolute atomic E-state index is 0.252. The fraction of sp³-hybridized carbons (Fsp3) is 0.875. The molecule has 1 fully saturated rings. The molecule has 0 amide bonds. The lowest BCUT2D eigenvalue weighted by atomic mass is 9.99. The number of piperidine rings is 1. The Labute approximate surface area is 82.5 Å². The van der Waals surface area contributed by atoms with Crippen molar-refractivity contribution in [2.24, 2.45) is 13.0 Å². The maximum absolute atomic E-state index is 9.09. The smallest absolute Gasteiger partial charge is 0.245 e.